The van der Waals surface area contributed by atoms with Crippen molar-refractivity contribution in [1.29, 1.82) is 0 Å². The number of rotatable bonds is 9. The van der Waals surface area contributed by atoms with Gasteiger partial charge >= 0.3 is 0 Å². The highest BCUT2D eigenvalue weighted by Gasteiger charge is 2.24. The molecule has 3 aromatic rings. The summed E-state index contributed by atoms with van der Waals surface area (Å²) in [4.78, 5) is 25.2. The molecule has 34 heavy (non-hydrogen) atoms. The number of ether oxygens (including phenoxy) is 1. The summed E-state index contributed by atoms with van der Waals surface area (Å²) in [5.41, 5.74) is 4.39. The number of carbonyl (C=O) groups is 2. The Hall–Kier alpha value is -3.35. The van der Waals surface area contributed by atoms with Gasteiger partial charge in [0.15, 0.2) is 0 Å². The average Bonchev–Trinajstić information content (AvgIpc) is 2.83. The molecule has 0 heterocycles. The van der Waals surface area contributed by atoms with E-state index in [0.717, 1.165) is 5.56 Å². The molecule has 8 heteroatoms. The summed E-state index contributed by atoms with van der Waals surface area (Å²) < 4.78 is 5.90. The minimum Gasteiger partial charge on any atom is -0.488 e. The molecule has 0 spiro atoms. The normalized spacial score (nSPS) is 11.9. The molecule has 0 bridgehead atoms. The summed E-state index contributed by atoms with van der Waals surface area (Å²) in [5.74, 6) is -0.386. The smallest absolute Gasteiger partial charge is 0.262 e. The van der Waals surface area contributed by atoms with Crippen LogP contribution in [0.15, 0.2) is 77.9 Å². The van der Waals surface area contributed by atoms with Crippen LogP contribution < -0.4 is 15.5 Å². The second-order valence-electron chi connectivity index (χ2n) is 7.86. The summed E-state index contributed by atoms with van der Waals surface area (Å²) in [6.45, 7) is 3.95. The molecule has 0 radical (unpaired) electrons. The van der Waals surface area contributed by atoms with E-state index in [2.05, 4.69) is 15.8 Å². The predicted octanol–water partition coefficient (Wildman–Crippen LogP) is 5.48. The van der Waals surface area contributed by atoms with Gasteiger partial charge in [-0.1, -0.05) is 73.4 Å². The molecule has 1 unspecified atom stereocenters. The van der Waals surface area contributed by atoms with Crippen molar-refractivity contribution in [2.24, 2.45) is 11.0 Å². The van der Waals surface area contributed by atoms with E-state index < -0.39 is 11.9 Å². The second-order valence-corrected chi connectivity index (χ2v) is 8.70. The fourth-order valence-corrected chi connectivity index (χ4v) is 3.48. The third kappa shape index (κ3) is 7.07. The Labute approximate surface area is 208 Å². The van der Waals surface area contributed by atoms with Gasteiger partial charge in [0.05, 0.1) is 6.21 Å². The van der Waals surface area contributed by atoms with Crippen LogP contribution in [0.2, 0.25) is 10.0 Å². The largest absolute Gasteiger partial charge is 0.488 e. The molecule has 0 aromatic heterocycles. The van der Waals surface area contributed by atoms with E-state index in [-0.39, 0.29) is 18.4 Å². The predicted molar refractivity (Wildman–Crippen MR) is 136 cm³/mol. The monoisotopic (exact) mass is 497 g/mol. The molecule has 176 valence electrons. The number of benzene rings is 3. The van der Waals surface area contributed by atoms with E-state index >= 15 is 0 Å². The summed E-state index contributed by atoms with van der Waals surface area (Å²) in [7, 11) is 0. The molecule has 0 saturated heterocycles. The first kappa shape index (κ1) is 25.3. The number of nitrogens with one attached hydrogen (secondary N) is 2. The first-order valence-electron chi connectivity index (χ1n) is 10.7. The maximum absolute atomic E-state index is 12.7. The summed E-state index contributed by atoms with van der Waals surface area (Å²) in [5, 5.41) is 7.92. The number of hydrazone groups is 1. The molecule has 2 amide bonds. The van der Waals surface area contributed by atoms with Crippen molar-refractivity contribution in [2.75, 3.05) is 0 Å². The van der Waals surface area contributed by atoms with Gasteiger partial charge in [-0.05, 0) is 42.3 Å². The Morgan fingerprint density at radius 3 is 2.41 bits per heavy atom. The van der Waals surface area contributed by atoms with Crippen LogP contribution in [-0.2, 0) is 11.4 Å². The highest BCUT2D eigenvalue weighted by Crippen LogP contribution is 2.24. The number of amides is 2. The van der Waals surface area contributed by atoms with Gasteiger partial charge < -0.3 is 10.1 Å². The zero-order valence-corrected chi connectivity index (χ0v) is 20.3. The minimum atomic E-state index is -0.764. The molecular formula is C26H25Cl2N3O3. The number of hydrogen-bond donors (Lipinski definition) is 2. The van der Waals surface area contributed by atoms with Crippen LogP contribution in [0.3, 0.4) is 0 Å². The highest BCUT2D eigenvalue weighted by atomic mass is 35.5. The Balaban J connectivity index is 1.67. The Bertz CT molecular complexity index is 1170. The lowest BCUT2D eigenvalue weighted by molar-refractivity contribution is -0.123. The van der Waals surface area contributed by atoms with Gasteiger partial charge in [-0.2, -0.15) is 5.10 Å². The van der Waals surface area contributed by atoms with Crippen LogP contribution >= 0.6 is 23.2 Å². The van der Waals surface area contributed by atoms with Crippen LogP contribution in [0, 0.1) is 5.92 Å². The Kier molecular flexibility index (Phi) is 9.08. The van der Waals surface area contributed by atoms with Crippen LogP contribution in [-0.4, -0.2) is 24.1 Å². The third-order valence-electron chi connectivity index (χ3n) is 4.96. The van der Waals surface area contributed by atoms with Crippen LogP contribution in [0.5, 0.6) is 5.75 Å². The molecule has 0 aliphatic heterocycles. The molecule has 3 rings (SSSR count). The quantitative estimate of drug-likeness (QED) is 0.303. The fourth-order valence-electron chi connectivity index (χ4n) is 3.11. The van der Waals surface area contributed by atoms with Gasteiger partial charge in [-0.3, -0.25) is 9.59 Å². The molecule has 1 atom stereocenters. The van der Waals surface area contributed by atoms with Crippen molar-refractivity contribution in [2.45, 2.75) is 26.5 Å². The first-order chi connectivity index (χ1) is 16.3. The lowest BCUT2D eigenvalue weighted by Crippen LogP contribution is -2.48. The topological polar surface area (TPSA) is 79.8 Å². The van der Waals surface area contributed by atoms with Gasteiger partial charge in [-0.15, -0.1) is 0 Å². The highest BCUT2D eigenvalue weighted by molar-refractivity contribution is 6.31. The molecule has 0 aliphatic rings. The number of nitrogens with zero attached hydrogens (tertiary/aromatic N) is 1. The lowest BCUT2D eigenvalue weighted by atomic mass is 10.0. The third-order valence-corrected chi connectivity index (χ3v) is 5.57. The van der Waals surface area contributed by atoms with Crippen molar-refractivity contribution < 1.29 is 14.3 Å². The average molecular weight is 498 g/mol. The van der Waals surface area contributed by atoms with E-state index in [9.17, 15) is 9.59 Å². The van der Waals surface area contributed by atoms with Gasteiger partial charge in [0, 0.05) is 26.7 Å². The zero-order valence-electron chi connectivity index (χ0n) is 18.8. The van der Waals surface area contributed by atoms with Crippen molar-refractivity contribution in [1.82, 2.24) is 10.7 Å². The van der Waals surface area contributed by atoms with Gasteiger partial charge in [0.1, 0.15) is 18.4 Å². The molecule has 0 saturated carbocycles. The van der Waals surface area contributed by atoms with Crippen molar-refractivity contribution in [3.8, 4) is 5.75 Å². The van der Waals surface area contributed by atoms with Crippen molar-refractivity contribution in [3.63, 3.8) is 0 Å². The van der Waals surface area contributed by atoms with Crippen molar-refractivity contribution >= 4 is 41.2 Å². The van der Waals surface area contributed by atoms with Crippen molar-refractivity contribution in [3.05, 3.63) is 99.5 Å². The molecule has 3 aromatic carbocycles. The van der Waals surface area contributed by atoms with Gasteiger partial charge in [0.25, 0.3) is 11.8 Å². The maximum atomic E-state index is 12.7. The van der Waals surface area contributed by atoms with Gasteiger partial charge in [-0.25, -0.2) is 5.43 Å². The Morgan fingerprint density at radius 1 is 1.00 bits per heavy atom. The van der Waals surface area contributed by atoms with E-state index in [1.807, 2.05) is 38.1 Å². The van der Waals surface area contributed by atoms with Crippen LogP contribution in [0.4, 0.5) is 0 Å². The Morgan fingerprint density at radius 2 is 1.71 bits per heavy atom. The van der Waals surface area contributed by atoms with E-state index in [1.54, 1.807) is 48.5 Å². The van der Waals surface area contributed by atoms with E-state index in [4.69, 9.17) is 27.9 Å². The molecule has 2 N–H and O–H groups in total. The molecule has 6 nitrogen and oxygen atoms in total. The fraction of sp³-hybridized carbons (Fsp3) is 0.192. The summed E-state index contributed by atoms with van der Waals surface area (Å²) >= 11 is 12.3. The maximum Gasteiger partial charge on any atom is 0.262 e. The minimum absolute atomic E-state index is 0.149. The van der Waals surface area contributed by atoms with Gasteiger partial charge in [0.2, 0.25) is 0 Å². The summed E-state index contributed by atoms with van der Waals surface area (Å²) in [6.07, 6.45) is 1.45. The lowest BCUT2D eigenvalue weighted by Gasteiger charge is -2.20. The van der Waals surface area contributed by atoms with Crippen LogP contribution in [0.25, 0.3) is 0 Å². The molecule has 0 aliphatic carbocycles. The van der Waals surface area contributed by atoms with E-state index in [0.29, 0.717) is 26.9 Å². The zero-order chi connectivity index (χ0) is 24.5. The first-order valence-corrected chi connectivity index (χ1v) is 11.5. The van der Waals surface area contributed by atoms with Crippen LogP contribution in [0.1, 0.15) is 35.3 Å². The van der Waals surface area contributed by atoms with E-state index in [1.165, 1.54) is 6.21 Å². The number of hydrogen-bond acceptors (Lipinski definition) is 4. The molecular weight excluding hydrogens is 473 g/mol. The number of halogens is 2. The standard InChI is InChI=1S/C26H25Cl2N3O3/c1-17(2)24(30-25(32)18-8-4-3-5-9-18)26(33)31-29-15-20-14-21(27)12-13-23(20)34-16-19-10-6-7-11-22(19)28/h3-15,17,24H,16H2,1-2H3,(H,30,32)(H,31,33)/b29-15+. The molecule has 0 fully saturated rings. The second kappa shape index (κ2) is 12.2. The number of carbonyl (C=O) groups excluding carboxylic acids is 2. The summed E-state index contributed by atoms with van der Waals surface area (Å²) in [6, 6.07) is 20.5. The SMILES string of the molecule is CC(C)C(NC(=O)c1ccccc1)C(=O)N/N=C/c1cc(Cl)ccc1OCc1ccccc1Cl.